The number of benzene rings is 1. The number of nitrogens with zero attached hydrogens (tertiary/aromatic N) is 2. The average Bonchev–Trinajstić information content (AvgIpc) is 2.65. The van der Waals surface area contributed by atoms with Crippen LogP contribution in [0.1, 0.15) is 41.5 Å². The molecule has 6 heteroatoms. The summed E-state index contributed by atoms with van der Waals surface area (Å²) in [5, 5.41) is 4.73. The zero-order valence-electron chi connectivity index (χ0n) is 11.6. The molecule has 0 atom stereocenters. The highest BCUT2D eigenvalue weighted by molar-refractivity contribution is 8.93. The van der Waals surface area contributed by atoms with E-state index in [2.05, 4.69) is 5.10 Å². The van der Waals surface area contributed by atoms with E-state index in [1.54, 1.807) is 35.9 Å². The number of aromatic nitrogens is 2. The number of aryl methyl sites for hydroxylation is 1. The number of carbonyl (C=O) groups is 1. The van der Waals surface area contributed by atoms with E-state index in [0.29, 0.717) is 27.7 Å². The van der Waals surface area contributed by atoms with Crippen molar-refractivity contribution in [2.45, 2.75) is 26.8 Å². The molecular weight excluding hydrogens is 342 g/mol. The van der Waals surface area contributed by atoms with Gasteiger partial charge in [-0.1, -0.05) is 23.7 Å². The standard InChI is InChI=1S/C14H16ClN3O.BrH/c1-8(2)18-14(16)12(9(3)17-18)13(19)10-6-4-5-7-11(10)15;/h4-8H,16H2,1-3H3;1H. The fraction of sp³-hybridized carbons (Fsp3) is 0.286. The summed E-state index contributed by atoms with van der Waals surface area (Å²) in [6.45, 7) is 5.71. The summed E-state index contributed by atoms with van der Waals surface area (Å²) in [7, 11) is 0. The third kappa shape index (κ3) is 2.88. The van der Waals surface area contributed by atoms with Crippen molar-refractivity contribution in [2.24, 2.45) is 0 Å². The van der Waals surface area contributed by atoms with Crippen LogP contribution in [0, 0.1) is 6.92 Å². The molecule has 0 aliphatic carbocycles. The molecule has 1 aromatic carbocycles. The van der Waals surface area contributed by atoms with Gasteiger partial charge in [0.1, 0.15) is 5.82 Å². The van der Waals surface area contributed by atoms with Crippen LogP contribution in [-0.4, -0.2) is 15.6 Å². The molecule has 0 bridgehead atoms. The lowest BCUT2D eigenvalue weighted by Gasteiger charge is -2.08. The van der Waals surface area contributed by atoms with Gasteiger partial charge in [-0.05, 0) is 32.9 Å². The second-order valence-corrected chi connectivity index (χ2v) is 5.10. The summed E-state index contributed by atoms with van der Waals surface area (Å²) in [5.41, 5.74) is 7.53. The molecule has 0 amide bonds. The van der Waals surface area contributed by atoms with Gasteiger partial charge in [0.25, 0.3) is 0 Å². The van der Waals surface area contributed by atoms with E-state index in [-0.39, 0.29) is 28.8 Å². The van der Waals surface area contributed by atoms with Crippen molar-refractivity contribution >= 4 is 40.2 Å². The van der Waals surface area contributed by atoms with Crippen LogP contribution in [0.2, 0.25) is 5.02 Å². The minimum atomic E-state index is -0.187. The predicted octanol–water partition coefficient (Wildman–Crippen LogP) is 3.82. The van der Waals surface area contributed by atoms with Crippen LogP contribution >= 0.6 is 28.6 Å². The molecule has 1 aromatic heterocycles. The summed E-state index contributed by atoms with van der Waals surface area (Å²) in [5.74, 6) is 0.199. The summed E-state index contributed by atoms with van der Waals surface area (Å²) in [6.07, 6.45) is 0. The Balaban J connectivity index is 0.00000200. The summed E-state index contributed by atoms with van der Waals surface area (Å²) in [4.78, 5) is 12.5. The third-order valence-electron chi connectivity index (χ3n) is 2.96. The van der Waals surface area contributed by atoms with Crippen LogP contribution < -0.4 is 5.73 Å². The topological polar surface area (TPSA) is 60.9 Å². The molecule has 2 aromatic rings. The van der Waals surface area contributed by atoms with Crippen molar-refractivity contribution < 1.29 is 4.79 Å². The van der Waals surface area contributed by atoms with Crippen LogP contribution in [0.3, 0.4) is 0 Å². The Labute approximate surface area is 133 Å². The van der Waals surface area contributed by atoms with Crippen LogP contribution in [-0.2, 0) is 0 Å². The maximum atomic E-state index is 12.5. The molecule has 0 aliphatic heterocycles. The maximum absolute atomic E-state index is 12.5. The van der Waals surface area contributed by atoms with Crippen molar-refractivity contribution in [3.05, 3.63) is 46.1 Å². The van der Waals surface area contributed by atoms with Gasteiger partial charge in [0.2, 0.25) is 0 Å². The van der Waals surface area contributed by atoms with Crippen molar-refractivity contribution in [1.29, 1.82) is 0 Å². The highest BCUT2D eigenvalue weighted by Crippen LogP contribution is 2.26. The van der Waals surface area contributed by atoms with Gasteiger partial charge in [0, 0.05) is 11.6 Å². The lowest BCUT2D eigenvalue weighted by Crippen LogP contribution is -2.10. The van der Waals surface area contributed by atoms with Crippen LogP contribution in [0.25, 0.3) is 0 Å². The fourth-order valence-corrected chi connectivity index (χ4v) is 2.24. The molecule has 0 radical (unpaired) electrons. The molecule has 0 saturated heterocycles. The SMILES string of the molecule is Br.Cc1nn(C(C)C)c(N)c1C(=O)c1ccccc1Cl. The first-order valence-electron chi connectivity index (χ1n) is 6.07. The number of hydrogen-bond donors (Lipinski definition) is 1. The van der Waals surface area contributed by atoms with Crippen molar-refractivity contribution in [3.8, 4) is 0 Å². The Bertz CT molecular complexity index is 637. The molecule has 2 rings (SSSR count). The lowest BCUT2D eigenvalue weighted by atomic mass is 10.0. The molecule has 0 saturated carbocycles. The number of anilines is 1. The Morgan fingerprint density at radius 2 is 1.95 bits per heavy atom. The number of carbonyl (C=O) groups excluding carboxylic acids is 1. The highest BCUT2D eigenvalue weighted by Gasteiger charge is 2.23. The molecule has 20 heavy (non-hydrogen) atoms. The maximum Gasteiger partial charge on any atom is 0.200 e. The molecule has 0 aliphatic rings. The van der Waals surface area contributed by atoms with Gasteiger partial charge in [-0.3, -0.25) is 4.79 Å². The van der Waals surface area contributed by atoms with Gasteiger partial charge >= 0.3 is 0 Å². The van der Waals surface area contributed by atoms with E-state index in [1.807, 2.05) is 13.8 Å². The predicted molar refractivity (Wildman–Crippen MR) is 87.0 cm³/mol. The minimum Gasteiger partial charge on any atom is -0.383 e. The van der Waals surface area contributed by atoms with E-state index >= 15 is 0 Å². The second kappa shape index (κ2) is 6.41. The Morgan fingerprint density at radius 1 is 1.35 bits per heavy atom. The minimum absolute atomic E-state index is 0. The molecule has 0 fully saturated rings. The first kappa shape index (κ1) is 16.7. The molecule has 4 nitrogen and oxygen atoms in total. The van der Waals surface area contributed by atoms with Gasteiger partial charge in [0.05, 0.1) is 16.3 Å². The number of rotatable bonds is 3. The number of nitrogens with two attached hydrogens (primary N) is 1. The second-order valence-electron chi connectivity index (χ2n) is 4.69. The Hall–Kier alpha value is -1.33. The van der Waals surface area contributed by atoms with Gasteiger partial charge in [0.15, 0.2) is 5.78 Å². The molecular formula is C14H17BrClN3O. The van der Waals surface area contributed by atoms with Crippen molar-refractivity contribution in [3.63, 3.8) is 0 Å². The molecule has 0 spiro atoms. The normalized spacial score (nSPS) is 10.4. The molecule has 1 heterocycles. The van der Waals surface area contributed by atoms with E-state index in [4.69, 9.17) is 17.3 Å². The number of nitrogen functional groups attached to an aromatic ring is 1. The largest absolute Gasteiger partial charge is 0.383 e. The first-order chi connectivity index (χ1) is 8.93. The summed E-state index contributed by atoms with van der Waals surface area (Å²) >= 11 is 6.05. The lowest BCUT2D eigenvalue weighted by molar-refractivity contribution is 0.103. The summed E-state index contributed by atoms with van der Waals surface area (Å²) < 4.78 is 1.65. The molecule has 2 N–H and O–H groups in total. The Kier molecular flexibility index (Phi) is 5.36. The fourth-order valence-electron chi connectivity index (χ4n) is 2.02. The number of hydrogen-bond acceptors (Lipinski definition) is 3. The van der Waals surface area contributed by atoms with E-state index in [9.17, 15) is 4.79 Å². The third-order valence-corrected chi connectivity index (χ3v) is 3.29. The molecule has 108 valence electrons. The summed E-state index contributed by atoms with van der Waals surface area (Å²) in [6, 6.07) is 7.04. The van der Waals surface area contributed by atoms with Gasteiger partial charge in [-0.2, -0.15) is 5.10 Å². The van der Waals surface area contributed by atoms with E-state index in [0.717, 1.165) is 0 Å². The quantitative estimate of drug-likeness (QED) is 0.849. The van der Waals surface area contributed by atoms with E-state index < -0.39 is 0 Å². The smallest absolute Gasteiger partial charge is 0.200 e. The number of ketones is 1. The van der Waals surface area contributed by atoms with Crippen molar-refractivity contribution in [1.82, 2.24) is 9.78 Å². The number of halogens is 2. The molecule has 0 unspecified atom stereocenters. The van der Waals surface area contributed by atoms with Crippen LogP contribution in [0.4, 0.5) is 5.82 Å². The first-order valence-corrected chi connectivity index (χ1v) is 6.45. The average molecular weight is 359 g/mol. The van der Waals surface area contributed by atoms with Gasteiger partial charge in [-0.25, -0.2) is 4.68 Å². The van der Waals surface area contributed by atoms with Crippen LogP contribution in [0.5, 0.6) is 0 Å². The Morgan fingerprint density at radius 3 is 2.45 bits per heavy atom. The van der Waals surface area contributed by atoms with E-state index in [1.165, 1.54) is 0 Å². The zero-order chi connectivity index (χ0) is 14.2. The van der Waals surface area contributed by atoms with Gasteiger partial charge in [-0.15, -0.1) is 17.0 Å². The van der Waals surface area contributed by atoms with Crippen molar-refractivity contribution in [2.75, 3.05) is 5.73 Å². The monoisotopic (exact) mass is 357 g/mol. The highest BCUT2D eigenvalue weighted by atomic mass is 79.9. The van der Waals surface area contributed by atoms with Gasteiger partial charge < -0.3 is 5.73 Å². The zero-order valence-corrected chi connectivity index (χ0v) is 14.0. The van der Waals surface area contributed by atoms with Crippen LogP contribution in [0.15, 0.2) is 24.3 Å².